The Labute approximate surface area is 139 Å². The average Bonchev–Trinajstić information content (AvgIpc) is 2.56. The Morgan fingerprint density at radius 3 is 1.30 bits per heavy atom. The van der Waals surface area contributed by atoms with Crippen molar-refractivity contribution in [3.05, 3.63) is 60.7 Å². The Kier molecular flexibility index (Phi) is 6.12. The molecule has 0 aliphatic rings. The number of hydrogen-bond acceptors (Lipinski definition) is 7. The zero-order valence-corrected chi connectivity index (χ0v) is 14.1. The van der Waals surface area contributed by atoms with Gasteiger partial charge in [0, 0.05) is 12.1 Å². The van der Waals surface area contributed by atoms with Crippen LogP contribution >= 0.6 is 12.1 Å². The second-order valence-electron chi connectivity index (χ2n) is 4.14. The molecule has 0 aliphatic heterocycles. The highest BCUT2D eigenvalue weighted by Gasteiger charge is 2.14. The molecule has 8 nitrogen and oxygen atoms in total. The van der Waals surface area contributed by atoms with Crippen LogP contribution in [-0.2, 0) is 20.0 Å². The lowest BCUT2D eigenvalue weighted by atomic mass is 10.4. The van der Waals surface area contributed by atoms with Crippen LogP contribution in [0.2, 0.25) is 0 Å². The van der Waals surface area contributed by atoms with Gasteiger partial charge in [-0.05, 0) is 24.3 Å². The Bertz CT molecular complexity index is 756. The van der Waals surface area contributed by atoms with Gasteiger partial charge in [0.25, 0.3) is 20.0 Å². The second-order valence-corrected chi connectivity index (χ2v) is 8.12. The van der Waals surface area contributed by atoms with Gasteiger partial charge in [-0.2, -0.15) is 9.66 Å². The molecule has 23 heavy (non-hydrogen) atoms. The molecule has 124 valence electrons. The van der Waals surface area contributed by atoms with E-state index >= 15 is 0 Å². The van der Waals surface area contributed by atoms with Gasteiger partial charge in [-0.25, -0.2) is 16.8 Å². The zero-order chi connectivity index (χ0) is 16.8. The third-order valence-corrected chi connectivity index (χ3v) is 5.75. The summed E-state index contributed by atoms with van der Waals surface area (Å²) in [6, 6.07) is 15.5. The van der Waals surface area contributed by atoms with Crippen molar-refractivity contribution in [1.82, 2.24) is 19.3 Å². The smallest absolute Gasteiger partial charge is 0.206 e. The van der Waals surface area contributed by atoms with Crippen LogP contribution in [0.25, 0.3) is 0 Å². The van der Waals surface area contributed by atoms with Crippen LogP contribution in [0.3, 0.4) is 0 Å². The summed E-state index contributed by atoms with van der Waals surface area (Å²) in [4.78, 5) is 8.92. The van der Waals surface area contributed by atoms with Crippen LogP contribution in [0, 0.1) is 0 Å². The lowest BCUT2D eigenvalue weighted by molar-refractivity contribution is 0.578. The lowest BCUT2D eigenvalue weighted by Gasteiger charge is -2.09. The van der Waals surface area contributed by atoms with Gasteiger partial charge in [-0.15, -0.1) is 9.66 Å². The van der Waals surface area contributed by atoms with Crippen molar-refractivity contribution in [2.45, 2.75) is 9.79 Å². The molecule has 0 fully saturated rings. The monoisotopic (exact) mass is 374 g/mol. The minimum absolute atomic E-state index is 0.0815. The van der Waals surface area contributed by atoms with Gasteiger partial charge in [0.2, 0.25) is 0 Å². The van der Waals surface area contributed by atoms with Gasteiger partial charge in [-0.1, -0.05) is 36.4 Å². The molecule has 4 N–H and O–H groups in total. The molecular weight excluding hydrogens is 360 g/mol. The second kappa shape index (κ2) is 7.88. The van der Waals surface area contributed by atoms with Crippen LogP contribution in [0.15, 0.2) is 70.5 Å². The van der Waals surface area contributed by atoms with Crippen LogP contribution in [0.1, 0.15) is 0 Å². The number of sulfonamides is 2. The Hall–Kier alpha value is -1.47. The Morgan fingerprint density at radius 2 is 0.957 bits per heavy atom. The van der Waals surface area contributed by atoms with Crippen LogP contribution in [-0.4, -0.2) is 16.8 Å². The number of rotatable bonds is 8. The molecule has 0 saturated heterocycles. The van der Waals surface area contributed by atoms with Crippen molar-refractivity contribution in [3.63, 3.8) is 0 Å². The van der Waals surface area contributed by atoms with E-state index in [0.717, 1.165) is 0 Å². The van der Waals surface area contributed by atoms with E-state index in [9.17, 15) is 16.8 Å². The van der Waals surface area contributed by atoms with Crippen LogP contribution < -0.4 is 19.3 Å². The van der Waals surface area contributed by atoms with Crippen molar-refractivity contribution in [3.8, 4) is 0 Å². The molecule has 2 aromatic rings. The molecule has 0 amide bonds. The maximum absolute atomic E-state index is 11.9. The van der Waals surface area contributed by atoms with Crippen molar-refractivity contribution in [2.75, 3.05) is 0 Å². The van der Waals surface area contributed by atoms with E-state index < -0.39 is 20.0 Å². The van der Waals surface area contributed by atoms with Crippen molar-refractivity contribution in [2.24, 2.45) is 0 Å². The minimum atomic E-state index is -3.73. The molecule has 11 heteroatoms. The molecular formula is C12H14N4O4S3. The summed E-state index contributed by atoms with van der Waals surface area (Å²) in [7, 11) is -7.46. The first-order valence-corrected chi connectivity index (χ1v) is 10.00. The standard InChI is InChI=1S/C12H14N4O4S3/c17-22(18,11-7-3-1-4-8-11)15-13-21-14-16-23(19,20)12-9-5-2-6-10-12/h1-10,13-16H. The molecule has 0 aliphatic carbocycles. The summed E-state index contributed by atoms with van der Waals surface area (Å²) < 4.78 is 47.4. The predicted molar refractivity (Wildman–Crippen MR) is 87.4 cm³/mol. The van der Waals surface area contributed by atoms with Crippen molar-refractivity contribution < 1.29 is 16.8 Å². The zero-order valence-electron chi connectivity index (χ0n) is 11.6. The highest BCUT2D eigenvalue weighted by atomic mass is 32.2. The quantitative estimate of drug-likeness (QED) is 0.302. The van der Waals surface area contributed by atoms with Gasteiger partial charge in [0.1, 0.15) is 0 Å². The van der Waals surface area contributed by atoms with E-state index in [2.05, 4.69) is 19.3 Å². The van der Waals surface area contributed by atoms with Gasteiger partial charge >= 0.3 is 0 Å². The average molecular weight is 374 g/mol. The minimum Gasteiger partial charge on any atom is -0.206 e. The Balaban J connectivity index is 1.80. The van der Waals surface area contributed by atoms with Crippen molar-refractivity contribution in [1.29, 1.82) is 0 Å². The van der Waals surface area contributed by atoms with Crippen LogP contribution in [0.4, 0.5) is 0 Å². The SMILES string of the molecule is O=S(=O)(NNSNNS(=O)(=O)c1ccccc1)c1ccccc1. The number of nitrogens with one attached hydrogen (secondary N) is 4. The van der Waals surface area contributed by atoms with E-state index in [1.807, 2.05) is 0 Å². The molecule has 2 rings (SSSR count). The number of hydrazine groups is 2. The number of benzene rings is 2. The third kappa shape index (κ3) is 5.28. The van der Waals surface area contributed by atoms with E-state index in [-0.39, 0.29) is 9.79 Å². The van der Waals surface area contributed by atoms with Crippen LogP contribution in [0.5, 0.6) is 0 Å². The summed E-state index contributed by atoms with van der Waals surface area (Å²) in [5.74, 6) is 0. The lowest BCUT2D eigenvalue weighted by Crippen LogP contribution is -2.39. The summed E-state index contributed by atoms with van der Waals surface area (Å²) >= 11 is 0.616. The summed E-state index contributed by atoms with van der Waals surface area (Å²) in [5, 5.41) is 0. The maximum Gasteiger partial charge on any atom is 0.254 e. The normalized spacial score (nSPS) is 12.2. The van der Waals surface area contributed by atoms with E-state index in [1.165, 1.54) is 24.3 Å². The van der Waals surface area contributed by atoms with Gasteiger partial charge < -0.3 is 0 Å². The van der Waals surface area contributed by atoms with Gasteiger partial charge in [0.05, 0.1) is 9.79 Å². The fourth-order valence-corrected chi connectivity index (χ4v) is 4.02. The molecule has 0 heterocycles. The molecule has 0 bridgehead atoms. The third-order valence-electron chi connectivity index (χ3n) is 2.56. The highest BCUT2D eigenvalue weighted by molar-refractivity contribution is 7.97. The fraction of sp³-hybridized carbons (Fsp3) is 0. The molecule has 2 aromatic carbocycles. The Morgan fingerprint density at radius 1 is 0.609 bits per heavy atom. The van der Waals surface area contributed by atoms with Crippen molar-refractivity contribution >= 4 is 32.2 Å². The molecule has 0 saturated carbocycles. The molecule has 0 aromatic heterocycles. The maximum atomic E-state index is 11.9. The summed E-state index contributed by atoms with van der Waals surface area (Å²) in [5.41, 5.74) is 0. The van der Waals surface area contributed by atoms with E-state index in [4.69, 9.17) is 0 Å². The van der Waals surface area contributed by atoms with Gasteiger partial charge in [-0.3, -0.25) is 0 Å². The first-order valence-electron chi connectivity index (χ1n) is 6.21. The first kappa shape index (κ1) is 17.9. The topological polar surface area (TPSA) is 116 Å². The first-order chi connectivity index (χ1) is 10.9. The van der Waals surface area contributed by atoms with Gasteiger partial charge in [0.15, 0.2) is 0 Å². The largest absolute Gasteiger partial charge is 0.254 e. The fourth-order valence-electron chi connectivity index (χ4n) is 1.49. The molecule has 0 unspecified atom stereocenters. The highest BCUT2D eigenvalue weighted by Crippen LogP contribution is 2.07. The molecule has 0 spiro atoms. The predicted octanol–water partition coefficient (Wildman–Crippen LogP) is 0.516. The van der Waals surface area contributed by atoms with E-state index in [0.29, 0.717) is 12.1 Å². The molecule has 0 radical (unpaired) electrons. The summed E-state index contributed by atoms with van der Waals surface area (Å²) in [6.45, 7) is 0. The van der Waals surface area contributed by atoms with E-state index in [1.54, 1.807) is 36.4 Å². The molecule has 0 atom stereocenters. The number of hydrogen-bond donors (Lipinski definition) is 4. The summed E-state index contributed by atoms with van der Waals surface area (Å²) in [6.07, 6.45) is 0.